The number of sulfonamides is 2. The standard InChI is InChI=1S/C21H26N2O7S2/c1-4-13-31(25,26)22-15-20(21(24)30-3)23(14-16-7-5-6-8-19(16)22)32(27,28)18-11-9-17(29-2)10-12-18/h5-12,20H,4,13-15H2,1-3H3. The van der Waals surface area contributed by atoms with Crippen molar-refractivity contribution in [3.8, 4) is 5.75 Å². The smallest absolute Gasteiger partial charge is 0.326 e. The number of hydrogen-bond donors (Lipinski definition) is 0. The van der Waals surface area contributed by atoms with Crippen molar-refractivity contribution in [2.45, 2.75) is 30.8 Å². The minimum absolute atomic E-state index is 0.0467. The van der Waals surface area contributed by atoms with Gasteiger partial charge in [-0.25, -0.2) is 16.8 Å². The number of nitrogens with zero attached hydrogens (tertiary/aromatic N) is 2. The van der Waals surface area contributed by atoms with Gasteiger partial charge in [0.1, 0.15) is 11.8 Å². The largest absolute Gasteiger partial charge is 0.497 e. The van der Waals surface area contributed by atoms with Gasteiger partial charge in [0, 0.05) is 6.54 Å². The number of carbonyl (C=O) groups excluding carboxylic acids is 1. The molecular formula is C21H26N2O7S2. The van der Waals surface area contributed by atoms with E-state index in [0.717, 1.165) is 15.7 Å². The lowest BCUT2D eigenvalue weighted by atomic mass is 10.2. The third kappa shape index (κ3) is 4.59. The first-order chi connectivity index (χ1) is 15.2. The summed E-state index contributed by atoms with van der Waals surface area (Å²) in [6.07, 6.45) is 0.373. The molecule has 0 saturated carbocycles. The van der Waals surface area contributed by atoms with E-state index in [1.54, 1.807) is 31.2 Å². The molecule has 2 aromatic rings. The summed E-state index contributed by atoms with van der Waals surface area (Å²) < 4.78 is 65.3. The Hall–Kier alpha value is -2.63. The summed E-state index contributed by atoms with van der Waals surface area (Å²) in [6, 6.07) is 11.0. The molecular weight excluding hydrogens is 456 g/mol. The molecule has 0 radical (unpaired) electrons. The maximum Gasteiger partial charge on any atom is 0.326 e. The highest BCUT2D eigenvalue weighted by Crippen LogP contribution is 2.33. The van der Waals surface area contributed by atoms with Crippen LogP contribution in [0.3, 0.4) is 0 Å². The molecule has 32 heavy (non-hydrogen) atoms. The molecule has 174 valence electrons. The van der Waals surface area contributed by atoms with Crippen LogP contribution in [-0.2, 0) is 36.1 Å². The number of esters is 1. The van der Waals surface area contributed by atoms with Crippen molar-refractivity contribution < 1.29 is 31.1 Å². The molecule has 9 nitrogen and oxygen atoms in total. The van der Waals surface area contributed by atoms with Crippen molar-refractivity contribution in [3.05, 3.63) is 54.1 Å². The molecule has 11 heteroatoms. The Bertz CT molecular complexity index is 1180. The Morgan fingerprint density at radius 1 is 1.03 bits per heavy atom. The van der Waals surface area contributed by atoms with E-state index in [4.69, 9.17) is 9.47 Å². The molecule has 0 fully saturated rings. The van der Waals surface area contributed by atoms with Gasteiger partial charge in [0.15, 0.2) is 0 Å². The number of hydrogen-bond acceptors (Lipinski definition) is 7. The molecule has 3 rings (SSSR count). The van der Waals surface area contributed by atoms with E-state index in [-0.39, 0.29) is 23.7 Å². The summed E-state index contributed by atoms with van der Waals surface area (Å²) in [5, 5.41) is 0. The van der Waals surface area contributed by atoms with E-state index in [9.17, 15) is 21.6 Å². The van der Waals surface area contributed by atoms with Crippen LogP contribution < -0.4 is 9.04 Å². The zero-order valence-electron chi connectivity index (χ0n) is 18.1. The van der Waals surface area contributed by atoms with E-state index in [2.05, 4.69) is 0 Å². The van der Waals surface area contributed by atoms with E-state index in [1.165, 1.54) is 31.4 Å². The Kier molecular flexibility index (Phi) is 7.11. The lowest BCUT2D eigenvalue weighted by Crippen LogP contribution is -2.50. The minimum Gasteiger partial charge on any atom is -0.497 e. The average molecular weight is 483 g/mol. The molecule has 0 N–H and O–H groups in total. The highest BCUT2D eigenvalue weighted by molar-refractivity contribution is 7.92. The Balaban J connectivity index is 2.17. The maximum absolute atomic E-state index is 13.6. The van der Waals surface area contributed by atoms with E-state index >= 15 is 0 Å². The number of carbonyl (C=O) groups is 1. The molecule has 0 spiro atoms. The minimum atomic E-state index is -4.18. The molecule has 0 amide bonds. The van der Waals surface area contributed by atoms with Gasteiger partial charge in [0.25, 0.3) is 0 Å². The van der Waals surface area contributed by atoms with Crippen LogP contribution in [0.4, 0.5) is 5.69 Å². The first-order valence-corrected chi connectivity index (χ1v) is 13.0. The highest BCUT2D eigenvalue weighted by Gasteiger charge is 2.43. The number of anilines is 1. The van der Waals surface area contributed by atoms with E-state index < -0.39 is 32.1 Å². The Labute approximate surface area is 188 Å². The second-order valence-electron chi connectivity index (χ2n) is 7.24. The third-order valence-corrected chi connectivity index (χ3v) is 9.02. The second-order valence-corrected chi connectivity index (χ2v) is 11.1. The first kappa shape index (κ1) is 24.0. The van der Waals surface area contributed by atoms with Crippen LogP contribution in [0.25, 0.3) is 0 Å². The second kappa shape index (κ2) is 9.47. The number of benzene rings is 2. The first-order valence-electron chi connectivity index (χ1n) is 9.97. The van der Waals surface area contributed by atoms with Crippen molar-refractivity contribution in [1.82, 2.24) is 4.31 Å². The maximum atomic E-state index is 13.6. The fourth-order valence-corrected chi connectivity index (χ4v) is 6.74. The number of para-hydroxylation sites is 1. The van der Waals surface area contributed by atoms with Crippen molar-refractivity contribution in [1.29, 1.82) is 0 Å². The molecule has 0 bridgehead atoms. The number of fused-ring (bicyclic) bond motifs is 1. The molecule has 0 aromatic heterocycles. The van der Waals surface area contributed by atoms with E-state index in [0.29, 0.717) is 23.4 Å². The molecule has 1 atom stereocenters. The fraction of sp³-hybridized carbons (Fsp3) is 0.381. The van der Waals surface area contributed by atoms with Crippen molar-refractivity contribution in [2.24, 2.45) is 0 Å². The van der Waals surface area contributed by atoms with Crippen LogP contribution >= 0.6 is 0 Å². The van der Waals surface area contributed by atoms with Gasteiger partial charge in [-0.3, -0.25) is 9.10 Å². The molecule has 2 aromatic carbocycles. The van der Waals surface area contributed by atoms with Gasteiger partial charge in [-0.2, -0.15) is 4.31 Å². The summed E-state index contributed by atoms with van der Waals surface area (Å²) in [4.78, 5) is 12.7. The number of ether oxygens (including phenoxy) is 2. The topological polar surface area (TPSA) is 110 Å². The van der Waals surface area contributed by atoms with Gasteiger partial charge in [-0.1, -0.05) is 25.1 Å². The van der Waals surface area contributed by atoms with Gasteiger partial charge in [-0.15, -0.1) is 0 Å². The summed E-state index contributed by atoms with van der Waals surface area (Å²) >= 11 is 0. The van der Waals surface area contributed by atoms with Crippen LogP contribution in [0.5, 0.6) is 5.75 Å². The average Bonchev–Trinajstić information content (AvgIpc) is 2.97. The van der Waals surface area contributed by atoms with Crippen molar-refractivity contribution >= 4 is 31.7 Å². The van der Waals surface area contributed by atoms with Crippen LogP contribution in [-0.4, -0.2) is 59.7 Å². The number of rotatable bonds is 7. The Morgan fingerprint density at radius 3 is 2.28 bits per heavy atom. The molecule has 0 aliphatic carbocycles. The summed E-state index contributed by atoms with van der Waals surface area (Å²) in [5.41, 5.74) is 0.818. The van der Waals surface area contributed by atoms with Gasteiger partial charge < -0.3 is 9.47 Å². The molecule has 1 unspecified atom stereocenters. The van der Waals surface area contributed by atoms with Crippen LogP contribution in [0.1, 0.15) is 18.9 Å². The predicted octanol–water partition coefficient (Wildman–Crippen LogP) is 1.99. The zero-order chi connectivity index (χ0) is 23.5. The molecule has 1 aliphatic rings. The lowest BCUT2D eigenvalue weighted by molar-refractivity contribution is -0.144. The van der Waals surface area contributed by atoms with E-state index in [1.807, 2.05) is 0 Å². The molecule has 1 aliphatic heterocycles. The predicted molar refractivity (Wildman–Crippen MR) is 119 cm³/mol. The normalized spacial score (nSPS) is 17.3. The lowest BCUT2D eigenvalue weighted by Gasteiger charge is -2.29. The van der Waals surface area contributed by atoms with Crippen molar-refractivity contribution in [2.75, 3.05) is 30.8 Å². The van der Waals surface area contributed by atoms with Gasteiger partial charge >= 0.3 is 5.97 Å². The van der Waals surface area contributed by atoms with Crippen LogP contribution in [0.15, 0.2) is 53.4 Å². The number of methoxy groups -OCH3 is 2. The summed E-state index contributed by atoms with van der Waals surface area (Å²) in [5.74, 6) is -0.501. The third-order valence-electron chi connectivity index (χ3n) is 5.21. The quantitative estimate of drug-likeness (QED) is 0.555. The molecule has 0 saturated heterocycles. The van der Waals surface area contributed by atoms with Gasteiger partial charge in [0.2, 0.25) is 20.0 Å². The van der Waals surface area contributed by atoms with Crippen molar-refractivity contribution in [3.63, 3.8) is 0 Å². The highest BCUT2D eigenvalue weighted by atomic mass is 32.2. The van der Waals surface area contributed by atoms with Crippen LogP contribution in [0, 0.1) is 0 Å². The molecule has 1 heterocycles. The van der Waals surface area contributed by atoms with Gasteiger partial charge in [0.05, 0.1) is 37.1 Å². The van der Waals surface area contributed by atoms with Crippen LogP contribution in [0.2, 0.25) is 0 Å². The monoisotopic (exact) mass is 482 g/mol. The fourth-order valence-electron chi connectivity index (χ4n) is 3.61. The van der Waals surface area contributed by atoms with Gasteiger partial charge in [-0.05, 0) is 42.3 Å². The SMILES string of the molecule is CCCS(=O)(=O)N1CC(C(=O)OC)N(S(=O)(=O)c2ccc(OC)cc2)Cc2ccccc21. The summed E-state index contributed by atoms with van der Waals surface area (Å²) in [6.45, 7) is 1.16. The Morgan fingerprint density at radius 2 is 1.69 bits per heavy atom. The zero-order valence-corrected chi connectivity index (χ0v) is 19.7. The summed E-state index contributed by atoms with van der Waals surface area (Å²) in [7, 11) is -5.37.